The van der Waals surface area contributed by atoms with E-state index in [9.17, 15) is 0 Å². The van der Waals surface area contributed by atoms with Crippen LogP contribution in [-0.2, 0) is 0 Å². The molecular formula is C15H14N4OS2. The molecule has 2 N–H and O–H groups in total. The average molecular weight is 330 g/mol. The lowest BCUT2D eigenvalue weighted by atomic mass is 9.98. The Kier molecular flexibility index (Phi) is 3.48. The lowest BCUT2D eigenvalue weighted by Crippen LogP contribution is -2.51. The van der Waals surface area contributed by atoms with Gasteiger partial charge in [-0.3, -0.25) is 5.32 Å². The van der Waals surface area contributed by atoms with Gasteiger partial charge in [0.2, 0.25) is 5.89 Å². The summed E-state index contributed by atoms with van der Waals surface area (Å²) in [6.07, 6.45) is 0. The number of benzene rings is 1. The summed E-state index contributed by atoms with van der Waals surface area (Å²) in [6, 6.07) is 9.79. The summed E-state index contributed by atoms with van der Waals surface area (Å²) >= 11 is 7.15. The van der Waals surface area contributed by atoms with Crippen LogP contribution < -0.4 is 10.6 Å². The maximum Gasteiger partial charge on any atom is 0.254 e. The molecule has 5 nitrogen and oxygen atoms in total. The lowest BCUT2D eigenvalue weighted by Gasteiger charge is -2.29. The average Bonchev–Trinajstić information content (AvgIpc) is 3.14. The smallest absolute Gasteiger partial charge is 0.254 e. The van der Waals surface area contributed by atoms with E-state index in [4.69, 9.17) is 16.6 Å². The fourth-order valence-electron chi connectivity index (χ4n) is 2.73. The largest absolute Gasteiger partial charge is 0.416 e. The number of rotatable bonds is 2. The number of aromatic nitrogens is 2. The minimum absolute atomic E-state index is 0.191. The Hall–Kier alpha value is -1.70. The molecule has 1 fully saturated rings. The SMILES string of the molecule is CC1=C(c2nnc(-c3ccccc3)o2)SC2NCNC(=S)C12. The van der Waals surface area contributed by atoms with Crippen molar-refractivity contribution in [3.05, 3.63) is 41.8 Å². The molecule has 0 radical (unpaired) electrons. The topological polar surface area (TPSA) is 63.0 Å². The molecule has 7 heteroatoms. The van der Waals surface area contributed by atoms with Crippen molar-refractivity contribution < 1.29 is 4.42 Å². The molecule has 0 saturated carbocycles. The van der Waals surface area contributed by atoms with Gasteiger partial charge in [0.1, 0.15) is 0 Å². The van der Waals surface area contributed by atoms with Gasteiger partial charge in [0.05, 0.1) is 27.9 Å². The molecule has 112 valence electrons. The van der Waals surface area contributed by atoms with Gasteiger partial charge in [0, 0.05) is 5.56 Å². The van der Waals surface area contributed by atoms with Crippen molar-refractivity contribution in [1.29, 1.82) is 0 Å². The van der Waals surface area contributed by atoms with Crippen molar-refractivity contribution >= 4 is 33.9 Å². The Bertz CT molecular complexity index is 756. The highest BCUT2D eigenvalue weighted by atomic mass is 32.2. The van der Waals surface area contributed by atoms with E-state index in [0.29, 0.717) is 18.5 Å². The van der Waals surface area contributed by atoms with Crippen LogP contribution in [0.15, 0.2) is 40.3 Å². The van der Waals surface area contributed by atoms with Gasteiger partial charge < -0.3 is 9.73 Å². The highest BCUT2D eigenvalue weighted by Gasteiger charge is 2.40. The summed E-state index contributed by atoms with van der Waals surface area (Å²) in [7, 11) is 0. The molecule has 0 amide bonds. The molecular weight excluding hydrogens is 316 g/mol. The van der Waals surface area contributed by atoms with E-state index in [-0.39, 0.29) is 11.3 Å². The predicted molar refractivity (Wildman–Crippen MR) is 90.9 cm³/mol. The minimum atomic E-state index is 0.191. The van der Waals surface area contributed by atoms with Crippen molar-refractivity contribution in [3.8, 4) is 11.5 Å². The van der Waals surface area contributed by atoms with E-state index in [1.807, 2.05) is 30.3 Å². The standard InChI is InChI=1S/C15H14N4OS2/c1-8-10-14(21)16-7-17-15(10)22-11(8)13-19-18-12(20-13)9-5-3-2-4-6-9/h2-6,10,15,17H,7H2,1H3,(H,16,21). The molecule has 2 atom stereocenters. The first-order chi connectivity index (χ1) is 10.7. The van der Waals surface area contributed by atoms with E-state index in [0.717, 1.165) is 15.5 Å². The second kappa shape index (κ2) is 5.49. The fraction of sp³-hybridized carbons (Fsp3) is 0.267. The number of hydrogen-bond donors (Lipinski definition) is 2. The highest BCUT2D eigenvalue weighted by Crippen LogP contribution is 2.47. The van der Waals surface area contributed by atoms with Gasteiger partial charge in [0.15, 0.2) is 0 Å². The molecule has 1 saturated heterocycles. The highest BCUT2D eigenvalue weighted by molar-refractivity contribution is 8.09. The molecule has 2 unspecified atom stereocenters. The first-order valence-electron chi connectivity index (χ1n) is 7.02. The third-order valence-corrected chi connectivity index (χ3v) is 5.68. The summed E-state index contributed by atoms with van der Waals surface area (Å²) < 4.78 is 5.87. The minimum Gasteiger partial charge on any atom is -0.416 e. The number of fused-ring (bicyclic) bond motifs is 1. The van der Waals surface area contributed by atoms with Gasteiger partial charge in [-0.2, -0.15) is 0 Å². The Morgan fingerprint density at radius 3 is 2.77 bits per heavy atom. The first kappa shape index (κ1) is 13.9. The zero-order valence-corrected chi connectivity index (χ0v) is 13.5. The molecule has 0 aliphatic carbocycles. The molecule has 3 heterocycles. The molecule has 22 heavy (non-hydrogen) atoms. The van der Waals surface area contributed by atoms with E-state index < -0.39 is 0 Å². The van der Waals surface area contributed by atoms with Crippen LogP contribution in [-0.4, -0.2) is 27.2 Å². The second-order valence-corrected chi connectivity index (χ2v) is 6.82. The maximum atomic E-state index is 5.87. The summed E-state index contributed by atoms with van der Waals surface area (Å²) in [5.74, 6) is 1.30. The molecule has 0 spiro atoms. The summed E-state index contributed by atoms with van der Waals surface area (Å²) in [6.45, 7) is 2.78. The van der Waals surface area contributed by atoms with Crippen LogP contribution in [0.1, 0.15) is 12.8 Å². The molecule has 2 aliphatic heterocycles. The third kappa shape index (κ3) is 2.25. The van der Waals surface area contributed by atoms with Crippen molar-refractivity contribution in [3.63, 3.8) is 0 Å². The monoisotopic (exact) mass is 330 g/mol. The van der Waals surface area contributed by atoms with Crippen molar-refractivity contribution in [2.75, 3.05) is 6.67 Å². The third-order valence-electron chi connectivity index (χ3n) is 3.86. The van der Waals surface area contributed by atoms with E-state index in [2.05, 4.69) is 27.8 Å². The predicted octanol–water partition coefficient (Wildman–Crippen LogP) is 2.63. The maximum absolute atomic E-state index is 5.87. The Morgan fingerprint density at radius 1 is 1.23 bits per heavy atom. The van der Waals surface area contributed by atoms with Gasteiger partial charge >= 0.3 is 0 Å². The van der Waals surface area contributed by atoms with E-state index >= 15 is 0 Å². The number of nitrogens with one attached hydrogen (secondary N) is 2. The van der Waals surface area contributed by atoms with Gasteiger partial charge in [0.25, 0.3) is 5.89 Å². The molecule has 0 bridgehead atoms. The molecule has 1 aromatic carbocycles. The Balaban J connectivity index is 1.68. The van der Waals surface area contributed by atoms with Gasteiger partial charge in [-0.1, -0.05) is 30.4 Å². The zero-order chi connectivity index (χ0) is 15.1. The van der Waals surface area contributed by atoms with E-state index in [1.54, 1.807) is 11.8 Å². The van der Waals surface area contributed by atoms with Crippen molar-refractivity contribution in [2.45, 2.75) is 12.3 Å². The Morgan fingerprint density at radius 2 is 2.00 bits per heavy atom. The van der Waals surface area contributed by atoms with Crippen molar-refractivity contribution in [1.82, 2.24) is 20.8 Å². The van der Waals surface area contributed by atoms with Crippen LogP contribution in [0.25, 0.3) is 16.4 Å². The molecule has 4 rings (SSSR count). The second-order valence-electron chi connectivity index (χ2n) is 5.23. The normalized spacial score (nSPS) is 24.3. The van der Waals surface area contributed by atoms with Gasteiger partial charge in [-0.05, 0) is 24.6 Å². The summed E-state index contributed by atoms with van der Waals surface area (Å²) in [5.41, 5.74) is 2.11. The van der Waals surface area contributed by atoms with Crippen LogP contribution in [0.4, 0.5) is 0 Å². The zero-order valence-electron chi connectivity index (χ0n) is 11.9. The van der Waals surface area contributed by atoms with Crippen LogP contribution in [0, 0.1) is 5.92 Å². The number of thioether (sulfide) groups is 1. The summed E-state index contributed by atoms with van der Waals surface area (Å²) in [5, 5.41) is 15.2. The quantitative estimate of drug-likeness (QED) is 0.821. The number of nitrogens with zero attached hydrogens (tertiary/aromatic N) is 2. The molecule has 1 aromatic heterocycles. The van der Waals surface area contributed by atoms with E-state index in [1.165, 1.54) is 5.57 Å². The molecule has 2 aliphatic rings. The van der Waals surface area contributed by atoms with Crippen LogP contribution >= 0.6 is 24.0 Å². The lowest BCUT2D eigenvalue weighted by molar-refractivity contribution is 0.535. The number of thiocarbonyl (C=S) groups is 1. The summed E-state index contributed by atoms with van der Waals surface area (Å²) in [4.78, 5) is 1.91. The van der Waals surface area contributed by atoms with Crippen LogP contribution in [0.2, 0.25) is 0 Å². The van der Waals surface area contributed by atoms with Crippen LogP contribution in [0.5, 0.6) is 0 Å². The molecule has 2 aromatic rings. The van der Waals surface area contributed by atoms with Crippen molar-refractivity contribution in [2.24, 2.45) is 5.92 Å². The Labute approximate surface area is 137 Å². The van der Waals surface area contributed by atoms with Gasteiger partial charge in [-0.25, -0.2) is 0 Å². The van der Waals surface area contributed by atoms with Crippen LogP contribution in [0.3, 0.4) is 0 Å². The number of hydrogen-bond acceptors (Lipinski definition) is 6. The first-order valence-corrected chi connectivity index (χ1v) is 8.30. The fourth-order valence-corrected chi connectivity index (χ4v) is 4.59. The van der Waals surface area contributed by atoms with Gasteiger partial charge in [-0.15, -0.1) is 22.0 Å².